The van der Waals surface area contributed by atoms with E-state index < -0.39 is 10.1 Å². The van der Waals surface area contributed by atoms with Gasteiger partial charge >= 0.3 is 0 Å². The third-order valence-corrected chi connectivity index (χ3v) is 1.22. The van der Waals surface area contributed by atoms with Crippen molar-refractivity contribution < 1.29 is 13.0 Å². The largest absolute Gasteiger partial charge is 0.296 e. The van der Waals surface area contributed by atoms with E-state index in [0.717, 1.165) is 19.6 Å². The summed E-state index contributed by atoms with van der Waals surface area (Å²) in [6.45, 7) is 12.4. The van der Waals surface area contributed by atoms with Crippen molar-refractivity contribution in [2.75, 3.05) is 25.9 Å². The Bertz CT molecular complexity index is 229. The second kappa shape index (κ2) is 8.93. The van der Waals surface area contributed by atoms with Crippen molar-refractivity contribution in [3.63, 3.8) is 0 Å². The van der Waals surface area contributed by atoms with E-state index in [1.54, 1.807) is 0 Å². The molecule has 1 N–H and O–H groups in total. The predicted octanol–water partition coefficient (Wildman–Crippen LogP) is 1.18. The molecule has 0 fully saturated rings. The Kier molecular flexibility index (Phi) is 10.1. The second-order valence-electron chi connectivity index (χ2n) is 2.66. The van der Waals surface area contributed by atoms with Crippen molar-refractivity contribution in [3.05, 3.63) is 25.3 Å². The minimum Gasteiger partial charge on any atom is -0.296 e. The molecule has 0 aromatic carbocycles. The van der Waals surface area contributed by atoms with Gasteiger partial charge in [-0.2, -0.15) is 8.42 Å². The molecule has 0 radical (unpaired) electrons. The van der Waals surface area contributed by atoms with E-state index in [1.165, 1.54) is 0 Å². The number of likely N-dealkylation sites (N-methyl/N-ethyl adjacent to an activating group) is 1. The molecular weight excluding hydrogens is 202 g/mol. The molecule has 0 unspecified atom stereocenters. The molecule has 0 bridgehead atoms. The maximum atomic E-state index is 9.19. The van der Waals surface area contributed by atoms with Gasteiger partial charge in [0.1, 0.15) is 0 Å². The molecule has 84 valence electrons. The van der Waals surface area contributed by atoms with Crippen LogP contribution in [0.1, 0.15) is 6.92 Å². The number of nitrogens with zero attached hydrogens (tertiary/aromatic N) is 1. The molecule has 0 rings (SSSR count). The van der Waals surface area contributed by atoms with Crippen molar-refractivity contribution in [1.29, 1.82) is 0 Å². The summed E-state index contributed by atoms with van der Waals surface area (Å²) in [5.74, 6) is 0. The van der Waals surface area contributed by atoms with Crippen LogP contribution in [0.5, 0.6) is 0 Å². The number of hydrogen-bond acceptors (Lipinski definition) is 3. The lowest BCUT2D eigenvalue weighted by Gasteiger charge is -2.14. The Hall–Kier alpha value is -0.650. The van der Waals surface area contributed by atoms with Crippen LogP contribution < -0.4 is 0 Å². The average molecular weight is 221 g/mol. The van der Waals surface area contributed by atoms with Crippen molar-refractivity contribution >= 4 is 10.1 Å². The van der Waals surface area contributed by atoms with Crippen LogP contribution in [0, 0.1) is 0 Å². The molecule has 0 heterocycles. The van der Waals surface area contributed by atoms with Gasteiger partial charge in [-0.25, -0.2) is 0 Å². The standard InChI is InChI=1S/C8H15N.CH4O3S/c1-4-7-9(6-3)8-5-2;1-5(2,3)4/h4-5H,1-2,6-8H2,3H3;1H3,(H,2,3,4). The van der Waals surface area contributed by atoms with Crippen LogP contribution >= 0.6 is 0 Å². The zero-order valence-electron chi connectivity index (χ0n) is 8.81. The maximum absolute atomic E-state index is 9.19. The molecule has 0 aliphatic carbocycles. The van der Waals surface area contributed by atoms with E-state index >= 15 is 0 Å². The lowest BCUT2D eigenvalue weighted by molar-refractivity contribution is 0.355. The van der Waals surface area contributed by atoms with Crippen LogP contribution in [0.4, 0.5) is 0 Å². The Morgan fingerprint density at radius 2 is 1.57 bits per heavy atom. The third kappa shape index (κ3) is 22.5. The van der Waals surface area contributed by atoms with Gasteiger partial charge in [0.25, 0.3) is 10.1 Å². The van der Waals surface area contributed by atoms with Crippen LogP contribution in [0.15, 0.2) is 25.3 Å². The monoisotopic (exact) mass is 221 g/mol. The zero-order chi connectivity index (χ0) is 11.6. The molecule has 0 spiro atoms. The molecule has 0 saturated carbocycles. The Labute approximate surface area is 86.7 Å². The lowest BCUT2D eigenvalue weighted by atomic mass is 10.4. The fraction of sp³-hybridized carbons (Fsp3) is 0.556. The molecule has 0 aromatic heterocycles. The number of hydrogen-bond donors (Lipinski definition) is 1. The van der Waals surface area contributed by atoms with Crippen molar-refractivity contribution in [2.45, 2.75) is 6.92 Å². The van der Waals surface area contributed by atoms with Gasteiger partial charge in [0.05, 0.1) is 6.26 Å². The van der Waals surface area contributed by atoms with Gasteiger partial charge in [0.15, 0.2) is 0 Å². The summed E-state index contributed by atoms with van der Waals surface area (Å²) in [4.78, 5) is 2.25. The SMILES string of the molecule is C=CCN(CC)CC=C.CS(=O)(=O)O. The van der Waals surface area contributed by atoms with E-state index in [4.69, 9.17) is 4.55 Å². The van der Waals surface area contributed by atoms with Crippen molar-refractivity contribution in [2.24, 2.45) is 0 Å². The highest BCUT2D eigenvalue weighted by Gasteiger charge is 1.92. The molecule has 0 saturated heterocycles. The Morgan fingerprint density at radius 3 is 1.71 bits per heavy atom. The molecule has 0 aromatic rings. The minimum absolute atomic E-state index is 0.715. The van der Waals surface area contributed by atoms with E-state index in [1.807, 2.05) is 12.2 Å². The van der Waals surface area contributed by atoms with Crippen molar-refractivity contribution in [3.8, 4) is 0 Å². The van der Waals surface area contributed by atoms with E-state index in [9.17, 15) is 8.42 Å². The van der Waals surface area contributed by atoms with Crippen LogP contribution in [0.2, 0.25) is 0 Å². The zero-order valence-corrected chi connectivity index (χ0v) is 9.63. The Morgan fingerprint density at radius 1 is 1.29 bits per heavy atom. The average Bonchev–Trinajstić information content (AvgIpc) is 2.01. The molecule has 14 heavy (non-hydrogen) atoms. The highest BCUT2D eigenvalue weighted by molar-refractivity contribution is 7.85. The fourth-order valence-electron chi connectivity index (χ4n) is 0.698. The van der Waals surface area contributed by atoms with Gasteiger partial charge in [-0.1, -0.05) is 19.1 Å². The highest BCUT2D eigenvalue weighted by Crippen LogP contribution is 1.86. The molecule has 0 aliphatic heterocycles. The first-order valence-corrected chi connectivity index (χ1v) is 6.06. The Balaban J connectivity index is 0. The fourth-order valence-corrected chi connectivity index (χ4v) is 0.698. The first-order valence-electron chi connectivity index (χ1n) is 4.21. The van der Waals surface area contributed by atoms with Crippen LogP contribution in [0.3, 0.4) is 0 Å². The smallest absolute Gasteiger partial charge is 0.261 e. The summed E-state index contributed by atoms with van der Waals surface area (Å²) >= 11 is 0. The predicted molar refractivity (Wildman–Crippen MR) is 60.0 cm³/mol. The topological polar surface area (TPSA) is 57.6 Å². The molecule has 5 heteroatoms. The van der Waals surface area contributed by atoms with Gasteiger partial charge in [0, 0.05) is 13.1 Å². The van der Waals surface area contributed by atoms with Gasteiger partial charge in [0.2, 0.25) is 0 Å². The quantitative estimate of drug-likeness (QED) is 0.559. The van der Waals surface area contributed by atoms with E-state index in [0.29, 0.717) is 6.26 Å². The number of rotatable bonds is 5. The maximum Gasteiger partial charge on any atom is 0.261 e. The molecule has 4 nitrogen and oxygen atoms in total. The lowest BCUT2D eigenvalue weighted by Crippen LogP contribution is -2.22. The van der Waals surface area contributed by atoms with E-state index in [-0.39, 0.29) is 0 Å². The molecule has 0 amide bonds. The summed E-state index contributed by atoms with van der Waals surface area (Å²) in [5, 5.41) is 0. The van der Waals surface area contributed by atoms with Crippen LogP contribution in [0.25, 0.3) is 0 Å². The van der Waals surface area contributed by atoms with Crippen LogP contribution in [-0.2, 0) is 10.1 Å². The summed E-state index contributed by atoms with van der Waals surface area (Å²) in [6.07, 6.45) is 4.53. The van der Waals surface area contributed by atoms with Crippen molar-refractivity contribution in [1.82, 2.24) is 4.90 Å². The highest BCUT2D eigenvalue weighted by atomic mass is 32.2. The van der Waals surface area contributed by atoms with Gasteiger partial charge < -0.3 is 0 Å². The third-order valence-electron chi connectivity index (χ3n) is 1.22. The second-order valence-corrected chi connectivity index (χ2v) is 4.13. The summed E-state index contributed by atoms with van der Waals surface area (Å²) in [7, 11) is -3.67. The summed E-state index contributed by atoms with van der Waals surface area (Å²) in [5.41, 5.74) is 0. The first-order chi connectivity index (χ1) is 6.35. The van der Waals surface area contributed by atoms with Gasteiger partial charge in [-0.3, -0.25) is 9.45 Å². The van der Waals surface area contributed by atoms with Gasteiger partial charge in [-0.15, -0.1) is 13.2 Å². The molecule has 0 aliphatic rings. The summed E-state index contributed by atoms with van der Waals surface area (Å²) < 4.78 is 25.9. The normalized spacial score (nSPS) is 10.3. The minimum atomic E-state index is -3.67. The molecule has 0 atom stereocenters. The van der Waals surface area contributed by atoms with Crippen LogP contribution in [-0.4, -0.2) is 43.8 Å². The molecular formula is C9H19NO3S. The van der Waals surface area contributed by atoms with Gasteiger partial charge in [-0.05, 0) is 6.54 Å². The van der Waals surface area contributed by atoms with E-state index in [2.05, 4.69) is 25.0 Å². The first kappa shape index (κ1) is 15.8. The summed E-state index contributed by atoms with van der Waals surface area (Å²) in [6, 6.07) is 0.